The first-order chi connectivity index (χ1) is 14.0. The molecule has 0 radical (unpaired) electrons. The predicted molar refractivity (Wildman–Crippen MR) is 118 cm³/mol. The molecule has 4 N–H and O–H groups in total. The number of aryl methyl sites for hydroxylation is 1. The number of likely N-dealkylation sites (N-methyl/N-ethyl adjacent to an activating group) is 1. The number of fused-ring (bicyclic) bond motifs is 1. The fourth-order valence-electron chi connectivity index (χ4n) is 4.95. The molecule has 0 bridgehead atoms. The Labute approximate surface area is 176 Å². The summed E-state index contributed by atoms with van der Waals surface area (Å²) in [6, 6.07) is 10.3. The number of carbonyl (C=O) groups is 2. The van der Waals surface area contributed by atoms with Crippen LogP contribution in [-0.4, -0.2) is 30.9 Å². The van der Waals surface area contributed by atoms with Crippen molar-refractivity contribution in [2.24, 2.45) is 23.5 Å². The van der Waals surface area contributed by atoms with Crippen LogP contribution in [0.2, 0.25) is 0 Å². The Balaban J connectivity index is 0.000000360. The summed E-state index contributed by atoms with van der Waals surface area (Å²) in [6.45, 7) is 4.09. The molecule has 0 aromatic heterocycles. The summed E-state index contributed by atoms with van der Waals surface area (Å²) in [5, 5.41) is 6.26. The van der Waals surface area contributed by atoms with E-state index in [0.29, 0.717) is 11.8 Å². The van der Waals surface area contributed by atoms with Crippen LogP contribution in [-0.2, 0) is 9.59 Å². The maximum atomic E-state index is 12.3. The van der Waals surface area contributed by atoms with Gasteiger partial charge in [-0.25, -0.2) is 0 Å². The molecule has 5 heteroatoms. The summed E-state index contributed by atoms with van der Waals surface area (Å²) in [5.74, 6) is 0.913. The zero-order valence-corrected chi connectivity index (χ0v) is 18.3. The van der Waals surface area contributed by atoms with Gasteiger partial charge in [-0.1, -0.05) is 62.1 Å². The summed E-state index contributed by atoms with van der Waals surface area (Å²) in [5.41, 5.74) is 6.92. The van der Waals surface area contributed by atoms with Gasteiger partial charge in [0.05, 0.1) is 6.04 Å². The number of hydrogen-bond donors (Lipinski definition) is 3. The van der Waals surface area contributed by atoms with E-state index >= 15 is 0 Å². The van der Waals surface area contributed by atoms with E-state index in [0.717, 1.165) is 38.5 Å². The number of amides is 2. The van der Waals surface area contributed by atoms with E-state index in [2.05, 4.69) is 29.7 Å². The third kappa shape index (κ3) is 7.14. The van der Waals surface area contributed by atoms with Crippen molar-refractivity contribution in [1.29, 1.82) is 0 Å². The monoisotopic (exact) mass is 401 g/mol. The van der Waals surface area contributed by atoms with Gasteiger partial charge in [-0.15, -0.1) is 0 Å². The van der Waals surface area contributed by atoms with E-state index in [1.807, 2.05) is 32.2 Å². The van der Waals surface area contributed by atoms with Crippen LogP contribution in [0.4, 0.5) is 0 Å². The van der Waals surface area contributed by atoms with Gasteiger partial charge in [-0.05, 0) is 57.9 Å². The van der Waals surface area contributed by atoms with Crippen molar-refractivity contribution in [3.05, 3.63) is 35.9 Å². The lowest BCUT2D eigenvalue weighted by Gasteiger charge is -2.32. The molecule has 0 heterocycles. The van der Waals surface area contributed by atoms with Crippen molar-refractivity contribution in [3.63, 3.8) is 0 Å². The van der Waals surface area contributed by atoms with Gasteiger partial charge >= 0.3 is 0 Å². The highest BCUT2D eigenvalue weighted by Gasteiger charge is 2.40. The quantitative estimate of drug-likeness (QED) is 0.705. The van der Waals surface area contributed by atoms with Crippen molar-refractivity contribution >= 4 is 11.8 Å². The lowest BCUT2D eigenvalue weighted by molar-refractivity contribution is -0.124. The minimum atomic E-state index is -0.153. The van der Waals surface area contributed by atoms with Gasteiger partial charge in [0.25, 0.3) is 0 Å². The first-order valence-electron chi connectivity index (χ1n) is 11.2. The number of nitrogens with two attached hydrogens (primary N) is 1. The molecular formula is C24H39N3O2. The van der Waals surface area contributed by atoms with E-state index in [1.165, 1.54) is 18.4 Å². The molecule has 2 aliphatic rings. The van der Waals surface area contributed by atoms with Crippen LogP contribution in [0.25, 0.3) is 0 Å². The molecule has 29 heavy (non-hydrogen) atoms. The molecule has 0 aliphatic heterocycles. The number of primary amides is 1. The minimum absolute atomic E-state index is 0.00812. The lowest BCUT2D eigenvalue weighted by atomic mass is 9.78. The Kier molecular flexibility index (Phi) is 9.65. The number of carbonyl (C=O) groups excluding carboxylic acids is 2. The summed E-state index contributed by atoms with van der Waals surface area (Å²) in [7, 11) is 1.82. The van der Waals surface area contributed by atoms with Crippen LogP contribution in [0.15, 0.2) is 30.3 Å². The topological polar surface area (TPSA) is 84.2 Å². The molecule has 0 spiro atoms. The zero-order chi connectivity index (χ0) is 21.2. The zero-order valence-electron chi connectivity index (χ0n) is 18.3. The molecule has 1 aromatic carbocycles. The number of rotatable bonds is 5. The maximum Gasteiger partial charge on any atom is 0.237 e. The van der Waals surface area contributed by atoms with Crippen LogP contribution >= 0.6 is 0 Å². The van der Waals surface area contributed by atoms with E-state index in [1.54, 1.807) is 0 Å². The average molecular weight is 402 g/mol. The molecule has 2 saturated carbocycles. The average Bonchev–Trinajstić information content (AvgIpc) is 3.07. The van der Waals surface area contributed by atoms with E-state index < -0.39 is 0 Å². The van der Waals surface area contributed by atoms with Crippen molar-refractivity contribution in [2.75, 3.05) is 7.05 Å². The SMILES string of the molecule is CC[C@H](NC)C(=O)NC1CCCC[C@H]2CCC(C(N)=O)[C@@H]2C1.Cc1ccccc1. The largest absolute Gasteiger partial charge is 0.369 e. The minimum Gasteiger partial charge on any atom is -0.369 e. The number of hydrogen-bond acceptors (Lipinski definition) is 3. The normalized spacial score (nSPS) is 27.4. The molecule has 5 nitrogen and oxygen atoms in total. The van der Waals surface area contributed by atoms with Crippen LogP contribution in [0.3, 0.4) is 0 Å². The highest BCUT2D eigenvalue weighted by atomic mass is 16.2. The summed E-state index contributed by atoms with van der Waals surface area (Å²) >= 11 is 0. The number of nitrogens with one attached hydrogen (secondary N) is 2. The highest BCUT2D eigenvalue weighted by molar-refractivity contribution is 5.82. The first kappa shape index (κ1) is 23.4. The van der Waals surface area contributed by atoms with E-state index in [9.17, 15) is 9.59 Å². The molecule has 0 saturated heterocycles. The second-order valence-corrected chi connectivity index (χ2v) is 8.64. The van der Waals surface area contributed by atoms with Gasteiger partial charge in [-0.3, -0.25) is 9.59 Å². The lowest BCUT2D eigenvalue weighted by Crippen LogP contribution is -2.48. The van der Waals surface area contributed by atoms with Gasteiger partial charge in [0, 0.05) is 12.0 Å². The molecule has 2 aliphatic carbocycles. The van der Waals surface area contributed by atoms with Crippen LogP contribution in [0.1, 0.15) is 63.9 Å². The predicted octanol–water partition coefficient (Wildman–Crippen LogP) is 3.56. The van der Waals surface area contributed by atoms with Crippen molar-refractivity contribution < 1.29 is 9.59 Å². The second kappa shape index (κ2) is 12.0. The van der Waals surface area contributed by atoms with Gasteiger partial charge in [0.1, 0.15) is 0 Å². The number of benzene rings is 1. The molecule has 3 rings (SSSR count). The van der Waals surface area contributed by atoms with Gasteiger partial charge < -0.3 is 16.4 Å². The van der Waals surface area contributed by atoms with Crippen molar-refractivity contribution in [1.82, 2.24) is 10.6 Å². The Morgan fingerprint density at radius 1 is 1.10 bits per heavy atom. The van der Waals surface area contributed by atoms with Crippen molar-refractivity contribution in [3.8, 4) is 0 Å². The van der Waals surface area contributed by atoms with E-state index in [-0.39, 0.29) is 29.8 Å². The van der Waals surface area contributed by atoms with Crippen LogP contribution in [0.5, 0.6) is 0 Å². The third-order valence-corrected chi connectivity index (χ3v) is 6.63. The molecule has 2 fully saturated rings. The van der Waals surface area contributed by atoms with Gasteiger partial charge in [0.2, 0.25) is 11.8 Å². The Bertz CT molecular complexity index is 630. The first-order valence-corrected chi connectivity index (χ1v) is 11.2. The molecule has 2 unspecified atom stereocenters. The molecule has 1 aromatic rings. The van der Waals surface area contributed by atoms with Crippen LogP contribution in [0, 0.1) is 24.7 Å². The van der Waals surface area contributed by atoms with Crippen molar-refractivity contribution in [2.45, 2.75) is 77.3 Å². The molecule has 162 valence electrons. The smallest absolute Gasteiger partial charge is 0.237 e. The molecule has 5 atom stereocenters. The Morgan fingerprint density at radius 2 is 1.79 bits per heavy atom. The Morgan fingerprint density at radius 3 is 2.34 bits per heavy atom. The van der Waals surface area contributed by atoms with Gasteiger partial charge in [-0.2, -0.15) is 0 Å². The summed E-state index contributed by atoms with van der Waals surface area (Å²) in [4.78, 5) is 24.0. The molecule has 2 amide bonds. The fraction of sp³-hybridized carbons (Fsp3) is 0.667. The van der Waals surface area contributed by atoms with Crippen LogP contribution < -0.4 is 16.4 Å². The Hall–Kier alpha value is -1.88. The second-order valence-electron chi connectivity index (χ2n) is 8.64. The van der Waals surface area contributed by atoms with Gasteiger partial charge in [0.15, 0.2) is 0 Å². The third-order valence-electron chi connectivity index (χ3n) is 6.63. The molecular weight excluding hydrogens is 362 g/mol. The fourth-order valence-corrected chi connectivity index (χ4v) is 4.95. The van der Waals surface area contributed by atoms with E-state index in [4.69, 9.17) is 5.73 Å². The maximum absolute atomic E-state index is 12.3. The standard InChI is InChI=1S/C17H31N3O2.C7H8/c1-3-15(19-2)17(22)20-12-7-5-4-6-11-8-9-13(16(18)21)14(11)10-12;1-7-5-3-2-4-6-7/h11-15,19H,3-10H2,1-2H3,(H2,18,21)(H,20,22);2-6H,1H3/t11-,12?,13?,14+,15-;/m0./s1. The highest BCUT2D eigenvalue weighted by Crippen LogP contribution is 2.44. The summed E-state index contributed by atoms with van der Waals surface area (Å²) in [6.07, 6.45) is 8.32. The summed E-state index contributed by atoms with van der Waals surface area (Å²) < 4.78 is 0.